The normalized spacial score (nSPS) is 24.9. The fraction of sp³-hybridized carbons (Fsp3) is 0.571. The second-order valence-electron chi connectivity index (χ2n) is 7.45. The first-order valence-electron chi connectivity index (χ1n) is 9.82. The number of phosphoric ester groups is 1. The molecule has 1 rings (SSSR count). The highest BCUT2D eigenvalue weighted by Crippen LogP contribution is 2.41. The number of phosphoric acid groups is 1. The Morgan fingerprint density at radius 2 is 1.86 bits per heavy atom. The fourth-order valence-electron chi connectivity index (χ4n) is 3.25. The van der Waals surface area contributed by atoms with Crippen LogP contribution < -0.4 is 0 Å². The van der Waals surface area contributed by atoms with Gasteiger partial charge in [-0.25, -0.2) is 9.36 Å². The van der Waals surface area contributed by atoms with Crippen LogP contribution in [0, 0.1) is 17.8 Å². The van der Waals surface area contributed by atoms with Crippen LogP contribution in [0.15, 0.2) is 48.6 Å². The van der Waals surface area contributed by atoms with Gasteiger partial charge in [-0.3, -0.25) is 4.52 Å². The standard InChI is InChI=1S/C21H33O7P/c1-5-6-7-8-9-10-18(22)17(4)19(28-29(24,25)26)13-11-15(2)21-16(3)12-14-20(23)27-21/h5-10,12,14-19,21-22H,11,13H2,1-4H3,(H2,24,25,26)/b6-5+,8-7+,10-9+/t15-,16-,17-,18-,19-,21-/m0/s1. The molecule has 0 aromatic heterocycles. The number of allylic oxidation sites excluding steroid dienone is 5. The van der Waals surface area contributed by atoms with Crippen LogP contribution in [0.25, 0.3) is 0 Å². The second kappa shape index (κ2) is 12.3. The van der Waals surface area contributed by atoms with Gasteiger partial charge in [-0.1, -0.05) is 63.3 Å². The summed E-state index contributed by atoms with van der Waals surface area (Å²) >= 11 is 0. The van der Waals surface area contributed by atoms with Gasteiger partial charge < -0.3 is 19.6 Å². The summed E-state index contributed by atoms with van der Waals surface area (Å²) < 4.78 is 21.8. The van der Waals surface area contributed by atoms with Crippen molar-refractivity contribution in [3.8, 4) is 0 Å². The molecule has 0 saturated heterocycles. The quantitative estimate of drug-likeness (QED) is 0.261. The average molecular weight is 428 g/mol. The first-order valence-corrected chi connectivity index (χ1v) is 11.3. The van der Waals surface area contributed by atoms with Crippen molar-refractivity contribution in [2.45, 2.75) is 58.8 Å². The van der Waals surface area contributed by atoms with Crippen molar-refractivity contribution >= 4 is 13.8 Å². The molecular formula is C21H33O7P. The first-order chi connectivity index (χ1) is 13.5. The lowest BCUT2D eigenvalue weighted by atomic mass is 9.85. The minimum atomic E-state index is -4.73. The summed E-state index contributed by atoms with van der Waals surface area (Å²) in [6.45, 7) is 7.45. The van der Waals surface area contributed by atoms with Crippen LogP contribution in [0.1, 0.15) is 40.5 Å². The van der Waals surface area contributed by atoms with Crippen LogP contribution in [0.3, 0.4) is 0 Å². The molecule has 7 nitrogen and oxygen atoms in total. The zero-order valence-corrected chi connectivity index (χ0v) is 18.3. The highest BCUT2D eigenvalue weighted by Gasteiger charge is 2.33. The predicted molar refractivity (Wildman–Crippen MR) is 112 cm³/mol. The minimum Gasteiger partial charge on any atom is -0.458 e. The Kier molecular flexibility index (Phi) is 10.8. The van der Waals surface area contributed by atoms with E-state index >= 15 is 0 Å². The summed E-state index contributed by atoms with van der Waals surface area (Å²) in [5, 5.41) is 10.4. The van der Waals surface area contributed by atoms with E-state index in [0.29, 0.717) is 12.8 Å². The van der Waals surface area contributed by atoms with Gasteiger partial charge in [0.2, 0.25) is 0 Å². The fourth-order valence-corrected chi connectivity index (χ4v) is 3.90. The second-order valence-corrected chi connectivity index (χ2v) is 8.65. The van der Waals surface area contributed by atoms with E-state index in [1.54, 1.807) is 37.3 Å². The number of aliphatic hydroxyl groups excluding tert-OH is 1. The predicted octanol–water partition coefficient (Wildman–Crippen LogP) is 3.68. The summed E-state index contributed by atoms with van der Waals surface area (Å²) in [6.07, 6.45) is 12.4. The SMILES string of the molecule is C/C=C/C=C/C=C/[C@H](O)[C@H](C)[C@H](CC[C@H](C)[C@@H]1OC(=O)C=C[C@@H]1C)OP(=O)(O)O. The number of carbonyl (C=O) groups is 1. The molecule has 0 unspecified atom stereocenters. The summed E-state index contributed by atoms with van der Waals surface area (Å²) in [6, 6.07) is 0. The van der Waals surface area contributed by atoms with Crippen molar-refractivity contribution in [1.82, 2.24) is 0 Å². The summed E-state index contributed by atoms with van der Waals surface area (Å²) in [7, 11) is -4.73. The molecule has 1 aliphatic rings. The van der Waals surface area contributed by atoms with Gasteiger partial charge in [-0.15, -0.1) is 0 Å². The molecule has 0 radical (unpaired) electrons. The van der Waals surface area contributed by atoms with Crippen LogP contribution in [-0.4, -0.2) is 39.2 Å². The summed E-state index contributed by atoms with van der Waals surface area (Å²) in [5.74, 6) is -0.917. The van der Waals surface area contributed by atoms with Crippen molar-refractivity contribution in [3.05, 3.63) is 48.6 Å². The van der Waals surface area contributed by atoms with E-state index in [9.17, 15) is 24.3 Å². The van der Waals surface area contributed by atoms with E-state index < -0.39 is 25.9 Å². The zero-order valence-electron chi connectivity index (χ0n) is 17.4. The Balaban J connectivity index is 2.77. The molecule has 29 heavy (non-hydrogen) atoms. The van der Waals surface area contributed by atoms with Gasteiger partial charge in [0.05, 0.1) is 12.2 Å². The molecule has 3 N–H and O–H groups in total. The number of rotatable bonds is 11. The Morgan fingerprint density at radius 1 is 1.21 bits per heavy atom. The largest absolute Gasteiger partial charge is 0.469 e. The van der Waals surface area contributed by atoms with Gasteiger partial charge in [0.25, 0.3) is 0 Å². The van der Waals surface area contributed by atoms with Gasteiger partial charge in [-0.05, 0) is 25.7 Å². The van der Waals surface area contributed by atoms with Crippen LogP contribution in [0.5, 0.6) is 0 Å². The summed E-state index contributed by atoms with van der Waals surface area (Å²) in [5.41, 5.74) is 0. The lowest BCUT2D eigenvalue weighted by molar-refractivity contribution is -0.149. The lowest BCUT2D eigenvalue weighted by Crippen LogP contribution is -2.35. The van der Waals surface area contributed by atoms with E-state index in [1.165, 1.54) is 6.08 Å². The molecule has 164 valence electrons. The Bertz CT molecular complexity index is 677. The number of carbonyl (C=O) groups excluding carboxylic acids is 1. The molecule has 1 heterocycles. The topological polar surface area (TPSA) is 113 Å². The zero-order chi connectivity index (χ0) is 22.0. The highest BCUT2D eigenvalue weighted by atomic mass is 31.2. The number of hydrogen-bond acceptors (Lipinski definition) is 5. The molecule has 0 aliphatic carbocycles. The number of ether oxygens (including phenoxy) is 1. The Morgan fingerprint density at radius 3 is 2.48 bits per heavy atom. The Hall–Kier alpha value is -1.50. The molecule has 0 spiro atoms. The number of hydrogen-bond donors (Lipinski definition) is 3. The van der Waals surface area contributed by atoms with Crippen molar-refractivity contribution in [2.24, 2.45) is 17.8 Å². The maximum Gasteiger partial charge on any atom is 0.469 e. The third-order valence-corrected chi connectivity index (χ3v) is 5.55. The molecule has 1 aliphatic heterocycles. The first kappa shape index (κ1) is 25.5. The minimum absolute atomic E-state index is 0.0366. The van der Waals surface area contributed by atoms with Crippen molar-refractivity contribution in [3.63, 3.8) is 0 Å². The molecule has 0 bridgehead atoms. The number of esters is 1. The molecule has 0 aromatic carbocycles. The molecule has 8 heteroatoms. The van der Waals surface area contributed by atoms with E-state index in [4.69, 9.17) is 9.26 Å². The molecule has 0 amide bonds. The van der Waals surface area contributed by atoms with Crippen LogP contribution >= 0.6 is 7.82 Å². The highest BCUT2D eigenvalue weighted by molar-refractivity contribution is 7.46. The van der Waals surface area contributed by atoms with Gasteiger partial charge >= 0.3 is 13.8 Å². The van der Waals surface area contributed by atoms with Crippen molar-refractivity contribution < 1.29 is 33.5 Å². The van der Waals surface area contributed by atoms with Crippen LogP contribution in [0.2, 0.25) is 0 Å². The monoisotopic (exact) mass is 428 g/mol. The number of aliphatic hydroxyl groups is 1. The van der Waals surface area contributed by atoms with Crippen molar-refractivity contribution in [2.75, 3.05) is 0 Å². The van der Waals surface area contributed by atoms with Gasteiger partial charge in [0.1, 0.15) is 6.10 Å². The van der Waals surface area contributed by atoms with Crippen LogP contribution in [-0.2, 0) is 18.6 Å². The molecule has 0 saturated carbocycles. The number of cyclic esters (lactones) is 1. The average Bonchev–Trinajstić information content (AvgIpc) is 2.64. The summed E-state index contributed by atoms with van der Waals surface area (Å²) in [4.78, 5) is 30.1. The van der Waals surface area contributed by atoms with E-state index in [1.807, 2.05) is 32.9 Å². The lowest BCUT2D eigenvalue weighted by Gasteiger charge is -2.32. The molecule has 0 aromatic rings. The molecule has 0 fully saturated rings. The van der Waals surface area contributed by atoms with E-state index in [2.05, 4.69) is 0 Å². The van der Waals surface area contributed by atoms with Gasteiger partial charge in [-0.2, -0.15) is 0 Å². The maximum absolute atomic E-state index is 11.5. The third kappa shape index (κ3) is 9.70. The third-order valence-electron chi connectivity index (χ3n) is 5.01. The van der Waals surface area contributed by atoms with Gasteiger partial charge in [0, 0.05) is 17.9 Å². The van der Waals surface area contributed by atoms with E-state index in [-0.39, 0.29) is 23.9 Å². The van der Waals surface area contributed by atoms with Gasteiger partial charge in [0.15, 0.2) is 0 Å². The van der Waals surface area contributed by atoms with Crippen LogP contribution in [0.4, 0.5) is 0 Å². The molecule has 6 atom stereocenters. The molecular weight excluding hydrogens is 395 g/mol. The maximum atomic E-state index is 11.5. The van der Waals surface area contributed by atoms with E-state index in [0.717, 1.165) is 0 Å². The Labute approximate surface area is 173 Å². The smallest absolute Gasteiger partial charge is 0.458 e. The van der Waals surface area contributed by atoms with Crippen molar-refractivity contribution in [1.29, 1.82) is 0 Å².